The van der Waals surface area contributed by atoms with Crippen molar-refractivity contribution in [1.29, 1.82) is 0 Å². The molecule has 0 aliphatic carbocycles. The third-order valence-corrected chi connectivity index (χ3v) is 5.39. The molecule has 0 fully saturated rings. The summed E-state index contributed by atoms with van der Waals surface area (Å²) >= 11 is 1.43. The van der Waals surface area contributed by atoms with Crippen molar-refractivity contribution < 1.29 is 0 Å². The molecular formula is C18H21N5O2S. The van der Waals surface area contributed by atoms with Gasteiger partial charge >= 0.3 is 5.69 Å². The number of nitrogens with two attached hydrogens (primary N) is 1. The fraction of sp³-hybridized carbons (Fsp3) is 0.278. The molecule has 0 saturated heterocycles. The standard InChI is InChI=1S/C18H21N5O2S/c1-9-6-7-12(8-10(9)2)20-17-21-14(11(3)26-17)13-15(19)22(4)18(25)23(5)16(13)24/h6-8H,19H2,1-5H3,(H,20,21). The van der Waals surface area contributed by atoms with Crippen molar-refractivity contribution in [2.24, 2.45) is 14.1 Å². The quantitative estimate of drug-likeness (QED) is 0.737. The van der Waals surface area contributed by atoms with Crippen molar-refractivity contribution in [3.05, 3.63) is 55.0 Å². The van der Waals surface area contributed by atoms with E-state index in [1.54, 1.807) is 0 Å². The molecule has 0 spiro atoms. The molecule has 3 rings (SSSR count). The van der Waals surface area contributed by atoms with Crippen molar-refractivity contribution in [3.8, 4) is 11.3 Å². The number of nitrogens with zero attached hydrogens (tertiary/aromatic N) is 3. The molecular weight excluding hydrogens is 350 g/mol. The minimum absolute atomic E-state index is 0.115. The number of hydrogen-bond donors (Lipinski definition) is 2. The monoisotopic (exact) mass is 371 g/mol. The van der Waals surface area contributed by atoms with Crippen molar-refractivity contribution in [3.63, 3.8) is 0 Å². The molecule has 0 atom stereocenters. The normalized spacial score (nSPS) is 11.0. The van der Waals surface area contributed by atoms with Gasteiger partial charge in [0.25, 0.3) is 5.56 Å². The molecule has 0 bridgehead atoms. The first kappa shape index (κ1) is 17.9. The zero-order valence-electron chi connectivity index (χ0n) is 15.4. The first-order valence-electron chi connectivity index (χ1n) is 8.08. The Bertz CT molecular complexity index is 1120. The molecule has 3 N–H and O–H groups in total. The van der Waals surface area contributed by atoms with E-state index in [4.69, 9.17) is 5.73 Å². The number of benzene rings is 1. The van der Waals surface area contributed by atoms with Crippen molar-refractivity contribution in [2.45, 2.75) is 20.8 Å². The summed E-state index contributed by atoms with van der Waals surface area (Å²) in [6, 6.07) is 6.07. The molecule has 3 aromatic rings. The van der Waals surface area contributed by atoms with Gasteiger partial charge in [0, 0.05) is 24.7 Å². The highest BCUT2D eigenvalue weighted by Crippen LogP contribution is 2.32. The molecule has 8 heteroatoms. The molecule has 26 heavy (non-hydrogen) atoms. The Morgan fingerprint density at radius 2 is 1.77 bits per heavy atom. The van der Waals surface area contributed by atoms with Gasteiger partial charge in [-0.15, -0.1) is 11.3 Å². The average molecular weight is 371 g/mol. The van der Waals surface area contributed by atoms with E-state index in [0.29, 0.717) is 10.8 Å². The van der Waals surface area contributed by atoms with Crippen LogP contribution in [-0.2, 0) is 14.1 Å². The second-order valence-electron chi connectivity index (χ2n) is 6.31. The highest BCUT2D eigenvalue weighted by Gasteiger charge is 2.20. The predicted octanol–water partition coefficient (Wildman–Crippen LogP) is 2.46. The van der Waals surface area contributed by atoms with Gasteiger partial charge in [-0.3, -0.25) is 13.9 Å². The lowest BCUT2D eigenvalue weighted by atomic mass is 10.1. The minimum atomic E-state index is -0.461. The number of anilines is 3. The highest BCUT2D eigenvalue weighted by molar-refractivity contribution is 7.16. The van der Waals surface area contributed by atoms with Gasteiger partial charge in [0.2, 0.25) is 0 Å². The Hall–Kier alpha value is -2.87. The molecule has 2 heterocycles. The Labute approximate surface area is 154 Å². The van der Waals surface area contributed by atoms with Crippen LogP contribution in [0.1, 0.15) is 16.0 Å². The lowest BCUT2D eigenvalue weighted by molar-refractivity contribution is 0.696. The maximum atomic E-state index is 12.6. The van der Waals surface area contributed by atoms with Crippen LogP contribution in [0.2, 0.25) is 0 Å². The first-order valence-corrected chi connectivity index (χ1v) is 8.90. The molecule has 0 radical (unpaired) electrons. The van der Waals surface area contributed by atoms with Gasteiger partial charge in [-0.05, 0) is 44.0 Å². The predicted molar refractivity (Wildman–Crippen MR) is 106 cm³/mol. The number of thiazole rings is 1. The summed E-state index contributed by atoms with van der Waals surface area (Å²) in [7, 11) is 2.97. The smallest absolute Gasteiger partial charge is 0.332 e. The number of aryl methyl sites for hydroxylation is 3. The van der Waals surface area contributed by atoms with Gasteiger partial charge in [-0.1, -0.05) is 6.07 Å². The summed E-state index contributed by atoms with van der Waals surface area (Å²) in [5, 5.41) is 3.93. The first-order chi connectivity index (χ1) is 12.2. The van der Waals surface area contributed by atoms with E-state index in [9.17, 15) is 9.59 Å². The summed E-state index contributed by atoms with van der Waals surface area (Å²) in [6.07, 6.45) is 0. The van der Waals surface area contributed by atoms with Gasteiger partial charge in [-0.25, -0.2) is 9.78 Å². The van der Waals surface area contributed by atoms with Crippen LogP contribution in [0.25, 0.3) is 11.3 Å². The van der Waals surface area contributed by atoms with Crippen molar-refractivity contribution >= 4 is 28.0 Å². The van der Waals surface area contributed by atoms with Crippen LogP contribution < -0.4 is 22.3 Å². The number of nitrogen functional groups attached to an aromatic ring is 1. The lowest BCUT2D eigenvalue weighted by Crippen LogP contribution is -2.39. The van der Waals surface area contributed by atoms with E-state index in [-0.39, 0.29) is 11.4 Å². The van der Waals surface area contributed by atoms with Crippen LogP contribution in [0.3, 0.4) is 0 Å². The molecule has 2 aromatic heterocycles. The van der Waals surface area contributed by atoms with Gasteiger partial charge in [0.1, 0.15) is 11.4 Å². The molecule has 136 valence electrons. The third-order valence-electron chi connectivity index (χ3n) is 4.50. The average Bonchev–Trinajstić information content (AvgIpc) is 2.95. The second kappa shape index (κ2) is 6.45. The Kier molecular flexibility index (Phi) is 4.45. The number of rotatable bonds is 3. The fourth-order valence-electron chi connectivity index (χ4n) is 2.71. The Morgan fingerprint density at radius 1 is 1.08 bits per heavy atom. The van der Waals surface area contributed by atoms with Gasteiger partial charge in [0.15, 0.2) is 5.13 Å². The summed E-state index contributed by atoms with van der Waals surface area (Å²) in [5.74, 6) is 0.115. The zero-order chi connectivity index (χ0) is 19.2. The number of nitrogens with one attached hydrogen (secondary N) is 1. The molecule has 7 nitrogen and oxygen atoms in total. The van der Waals surface area contributed by atoms with E-state index in [1.165, 1.54) is 41.1 Å². The SMILES string of the molecule is Cc1ccc(Nc2nc(-c3c(N)n(C)c(=O)n(C)c3=O)c(C)s2)cc1C. The molecule has 1 aromatic carbocycles. The highest BCUT2D eigenvalue weighted by atomic mass is 32.1. The summed E-state index contributed by atoms with van der Waals surface area (Å²) in [5.41, 5.74) is 9.20. The summed E-state index contributed by atoms with van der Waals surface area (Å²) in [6.45, 7) is 5.99. The molecule has 0 saturated carbocycles. The second-order valence-corrected chi connectivity index (χ2v) is 7.52. The summed E-state index contributed by atoms with van der Waals surface area (Å²) in [4.78, 5) is 30.0. The fourth-order valence-corrected chi connectivity index (χ4v) is 3.55. The van der Waals surface area contributed by atoms with Crippen molar-refractivity contribution in [1.82, 2.24) is 14.1 Å². The molecule has 0 aliphatic heterocycles. The van der Waals surface area contributed by atoms with Gasteiger partial charge in [-0.2, -0.15) is 0 Å². The van der Waals surface area contributed by atoms with E-state index < -0.39 is 11.2 Å². The van der Waals surface area contributed by atoms with Crippen molar-refractivity contribution in [2.75, 3.05) is 11.1 Å². The minimum Gasteiger partial charge on any atom is -0.384 e. The van der Waals surface area contributed by atoms with E-state index in [1.807, 2.05) is 32.0 Å². The largest absolute Gasteiger partial charge is 0.384 e. The zero-order valence-corrected chi connectivity index (χ0v) is 16.2. The summed E-state index contributed by atoms with van der Waals surface area (Å²) < 4.78 is 2.30. The van der Waals surface area contributed by atoms with Crippen LogP contribution in [0.15, 0.2) is 27.8 Å². The van der Waals surface area contributed by atoms with Gasteiger partial charge in [0.05, 0.1) is 5.69 Å². The maximum Gasteiger partial charge on any atom is 0.332 e. The van der Waals surface area contributed by atoms with E-state index >= 15 is 0 Å². The molecule has 0 unspecified atom stereocenters. The van der Waals surface area contributed by atoms with Crippen LogP contribution in [0, 0.1) is 20.8 Å². The van der Waals surface area contributed by atoms with Crippen LogP contribution in [0.5, 0.6) is 0 Å². The number of aromatic nitrogens is 3. The van der Waals surface area contributed by atoms with Crippen LogP contribution in [-0.4, -0.2) is 14.1 Å². The number of hydrogen-bond acceptors (Lipinski definition) is 6. The maximum absolute atomic E-state index is 12.6. The Morgan fingerprint density at radius 3 is 2.42 bits per heavy atom. The van der Waals surface area contributed by atoms with E-state index in [0.717, 1.165) is 15.1 Å². The lowest BCUT2D eigenvalue weighted by Gasteiger charge is -2.10. The third kappa shape index (κ3) is 2.92. The van der Waals surface area contributed by atoms with E-state index in [2.05, 4.69) is 17.2 Å². The topological polar surface area (TPSA) is 94.9 Å². The van der Waals surface area contributed by atoms with Gasteiger partial charge < -0.3 is 11.1 Å². The Balaban J connectivity index is 2.08. The van der Waals surface area contributed by atoms with Crippen LogP contribution in [0.4, 0.5) is 16.6 Å². The molecule has 0 aliphatic rings. The molecule has 0 amide bonds. The van der Waals surface area contributed by atoms with Crippen LogP contribution >= 0.6 is 11.3 Å².